The minimum absolute atomic E-state index is 0.0498. The molecule has 152 valence electrons. The van der Waals surface area contributed by atoms with Crippen LogP contribution in [0.15, 0.2) is 24.3 Å². The number of carbonyl (C=O) groups is 2. The van der Waals surface area contributed by atoms with Crippen LogP contribution in [0.4, 0.5) is 9.59 Å². The Kier molecular flexibility index (Phi) is 6.24. The van der Waals surface area contributed by atoms with E-state index in [9.17, 15) is 14.9 Å². The first-order valence-electron chi connectivity index (χ1n) is 9.14. The molecular formula is C22H25N3O4. The van der Waals surface area contributed by atoms with Crippen molar-refractivity contribution in [2.75, 3.05) is 6.54 Å². The fourth-order valence-electron chi connectivity index (χ4n) is 2.43. The molecule has 0 spiro atoms. The summed E-state index contributed by atoms with van der Waals surface area (Å²) in [6, 6.07) is 8.83. The molecule has 1 aromatic carbocycles. The van der Waals surface area contributed by atoms with Gasteiger partial charge in [-0.15, -0.1) is 0 Å². The average molecular weight is 395 g/mol. The molecule has 0 bridgehead atoms. The smallest absolute Gasteiger partial charge is 0.420 e. The maximum absolute atomic E-state index is 12.8. The Morgan fingerprint density at radius 1 is 1.07 bits per heavy atom. The number of carbonyl (C=O) groups excluding carboxylic acids is 2. The van der Waals surface area contributed by atoms with E-state index in [0.717, 1.165) is 5.39 Å². The number of alkyl carbamates (subject to hydrolysis) is 1. The third-order valence-corrected chi connectivity index (χ3v) is 3.45. The number of nitriles is 1. The van der Waals surface area contributed by atoms with Crippen molar-refractivity contribution in [2.24, 2.45) is 0 Å². The van der Waals surface area contributed by atoms with Gasteiger partial charge in [0.15, 0.2) is 0 Å². The van der Waals surface area contributed by atoms with Crippen LogP contribution in [0.3, 0.4) is 0 Å². The molecule has 0 saturated carbocycles. The van der Waals surface area contributed by atoms with Gasteiger partial charge >= 0.3 is 12.2 Å². The van der Waals surface area contributed by atoms with E-state index in [-0.39, 0.29) is 6.54 Å². The lowest BCUT2D eigenvalue weighted by Gasteiger charge is -2.20. The number of benzene rings is 1. The van der Waals surface area contributed by atoms with E-state index in [0.29, 0.717) is 16.8 Å². The molecule has 2 rings (SSSR count). The Morgan fingerprint density at radius 2 is 1.72 bits per heavy atom. The van der Waals surface area contributed by atoms with Crippen LogP contribution in [0, 0.1) is 23.2 Å². The van der Waals surface area contributed by atoms with E-state index in [1.165, 1.54) is 4.57 Å². The summed E-state index contributed by atoms with van der Waals surface area (Å²) in [5.41, 5.74) is 0.0623. The van der Waals surface area contributed by atoms with Crippen molar-refractivity contribution in [3.63, 3.8) is 0 Å². The van der Waals surface area contributed by atoms with Crippen molar-refractivity contribution in [1.82, 2.24) is 9.88 Å². The second-order valence-corrected chi connectivity index (χ2v) is 8.39. The first-order valence-corrected chi connectivity index (χ1v) is 9.14. The van der Waals surface area contributed by atoms with Crippen molar-refractivity contribution in [2.45, 2.75) is 52.7 Å². The molecule has 0 unspecified atom stereocenters. The Labute approximate surface area is 170 Å². The summed E-state index contributed by atoms with van der Waals surface area (Å²) in [5.74, 6) is 5.69. The fourth-order valence-corrected chi connectivity index (χ4v) is 2.43. The van der Waals surface area contributed by atoms with Gasteiger partial charge in [0, 0.05) is 5.39 Å². The summed E-state index contributed by atoms with van der Waals surface area (Å²) in [6.45, 7) is 10.7. The van der Waals surface area contributed by atoms with Gasteiger partial charge in [0.25, 0.3) is 0 Å². The fraction of sp³-hybridized carbons (Fsp3) is 0.409. The number of rotatable bonds is 1. The normalized spacial score (nSPS) is 11.2. The van der Waals surface area contributed by atoms with Crippen molar-refractivity contribution in [1.29, 1.82) is 5.26 Å². The highest BCUT2D eigenvalue weighted by Crippen LogP contribution is 2.23. The van der Waals surface area contributed by atoms with Crippen molar-refractivity contribution < 1.29 is 19.1 Å². The standard InChI is InChI=1S/C22H25N3O4/c1-21(2,3)28-19(26)24-11-7-8-17-13-16-10-9-15(14-23)12-18(16)25(17)20(27)29-22(4,5)6/h9-10,12-13H,11H2,1-6H3,(H,24,26). The van der Waals surface area contributed by atoms with Gasteiger partial charge in [-0.2, -0.15) is 5.26 Å². The minimum atomic E-state index is -0.691. The Balaban J connectivity index is 2.33. The van der Waals surface area contributed by atoms with E-state index in [1.54, 1.807) is 65.8 Å². The maximum Gasteiger partial charge on any atom is 0.420 e. The van der Waals surface area contributed by atoms with Gasteiger partial charge in [-0.05, 0) is 65.7 Å². The predicted molar refractivity (Wildman–Crippen MR) is 109 cm³/mol. The first kappa shape index (κ1) is 21.8. The first-order chi connectivity index (χ1) is 13.4. The lowest BCUT2D eigenvalue weighted by Crippen LogP contribution is -2.32. The second-order valence-electron chi connectivity index (χ2n) is 8.39. The van der Waals surface area contributed by atoms with Crippen LogP contribution in [0.1, 0.15) is 52.8 Å². The minimum Gasteiger partial charge on any atom is -0.444 e. The second kappa shape index (κ2) is 8.28. The van der Waals surface area contributed by atoms with Crippen LogP contribution < -0.4 is 5.32 Å². The van der Waals surface area contributed by atoms with Gasteiger partial charge in [0.05, 0.1) is 23.7 Å². The molecule has 0 aliphatic rings. The van der Waals surface area contributed by atoms with E-state index >= 15 is 0 Å². The van der Waals surface area contributed by atoms with Gasteiger partial charge in [-0.25, -0.2) is 14.2 Å². The van der Waals surface area contributed by atoms with E-state index in [1.807, 2.05) is 0 Å². The van der Waals surface area contributed by atoms with Gasteiger partial charge in [0.2, 0.25) is 0 Å². The van der Waals surface area contributed by atoms with E-state index in [4.69, 9.17) is 9.47 Å². The number of hydrogen-bond acceptors (Lipinski definition) is 5. The number of ether oxygens (including phenoxy) is 2. The number of amides is 1. The zero-order chi connectivity index (χ0) is 21.8. The molecule has 29 heavy (non-hydrogen) atoms. The number of aromatic nitrogens is 1. The van der Waals surface area contributed by atoms with E-state index < -0.39 is 23.4 Å². The zero-order valence-corrected chi connectivity index (χ0v) is 17.5. The lowest BCUT2D eigenvalue weighted by atomic mass is 10.2. The van der Waals surface area contributed by atoms with Crippen molar-refractivity contribution >= 4 is 23.1 Å². The average Bonchev–Trinajstić information content (AvgIpc) is 2.92. The van der Waals surface area contributed by atoms with Gasteiger partial charge in [0.1, 0.15) is 16.9 Å². The Hall–Kier alpha value is -3.45. The van der Waals surface area contributed by atoms with Crippen LogP contribution in [-0.4, -0.2) is 34.5 Å². The van der Waals surface area contributed by atoms with Crippen molar-refractivity contribution in [3.8, 4) is 17.9 Å². The summed E-state index contributed by atoms with van der Waals surface area (Å²) in [7, 11) is 0. The summed E-state index contributed by atoms with van der Waals surface area (Å²) in [5, 5.41) is 12.5. The topological polar surface area (TPSA) is 93.4 Å². The van der Waals surface area contributed by atoms with Crippen LogP contribution in [-0.2, 0) is 9.47 Å². The molecule has 2 aromatic rings. The predicted octanol–water partition coefficient (Wildman–Crippen LogP) is 4.17. The summed E-state index contributed by atoms with van der Waals surface area (Å²) >= 11 is 0. The van der Waals surface area contributed by atoms with Crippen LogP contribution in [0.5, 0.6) is 0 Å². The zero-order valence-electron chi connectivity index (χ0n) is 17.5. The molecule has 7 nitrogen and oxygen atoms in total. The molecule has 0 atom stereocenters. The van der Waals surface area contributed by atoms with Gasteiger partial charge in [-0.3, -0.25) is 0 Å². The molecule has 1 amide bonds. The van der Waals surface area contributed by atoms with Crippen LogP contribution >= 0.6 is 0 Å². The largest absolute Gasteiger partial charge is 0.444 e. The number of nitrogens with zero attached hydrogens (tertiary/aromatic N) is 2. The molecule has 0 fully saturated rings. The van der Waals surface area contributed by atoms with Crippen LogP contribution in [0.25, 0.3) is 10.9 Å². The molecule has 7 heteroatoms. The molecule has 0 radical (unpaired) electrons. The highest BCUT2D eigenvalue weighted by atomic mass is 16.6. The molecule has 1 aromatic heterocycles. The quantitative estimate of drug-likeness (QED) is 0.732. The third kappa shape index (κ3) is 6.29. The Morgan fingerprint density at radius 3 is 2.31 bits per heavy atom. The highest BCUT2D eigenvalue weighted by molar-refractivity contribution is 5.92. The molecule has 0 saturated heterocycles. The SMILES string of the molecule is CC(C)(C)OC(=O)NCC#Cc1cc2ccc(C#N)cc2n1C(=O)OC(C)(C)C. The monoisotopic (exact) mass is 395 g/mol. The molecule has 1 heterocycles. The molecule has 1 N–H and O–H groups in total. The summed E-state index contributed by atoms with van der Waals surface area (Å²) < 4.78 is 12.0. The number of fused-ring (bicyclic) bond motifs is 1. The third-order valence-electron chi connectivity index (χ3n) is 3.45. The summed E-state index contributed by atoms with van der Waals surface area (Å²) in [6.07, 6.45) is -1.16. The van der Waals surface area contributed by atoms with Crippen molar-refractivity contribution in [3.05, 3.63) is 35.5 Å². The molecule has 0 aliphatic heterocycles. The maximum atomic E-state index is 12.8. The molecule has 0 aliphatic carbocycles. The van der Waals surface area contributed by atoms with Gasteiger partial charge < -0.3 is 14.8 Å². The van der Waals surface area contributed by atoms with Gasteiger partial charge in [-0.1, -0.05) is 12.0 Å². The molecular weight excluding hydrogens is 370 g/mol. The summed E-state index contributed by atoms with van der Waals surface area (Å²) in [4.78, 5) is 24.5. The number of nitrogens with one attached hydrogen (secondary N) is 1. The van der Waals surface area contributed by atoms with E-state index in [2.05, 4.69) is 23.2 Å². The Bertz CT molecular complexity index is 1030. The number of hydrogen-bond donors (Lipinski definition) is 1. The highest BCUT2D eigenvalue weighted by Gasteiger charge is 2.22. The van der Waals surface area contributed by atoms with Crippen LogP contribution in [0.2, 0.25) is 0 Å². The lowest BCUT2D eigenvalue weighted by molar-refractivity contribution is 0.0526.